The molecule has 88 valence electrons. The molecule has 0 saturated carbocycles. The Morgan fingerprint density at radius 2 is 2.29 bits per heavy atom. The van der Waals surface area contributed by atoms with Gasteiger partial charge in [-0.1, -0.05) is 18.2 Å². The van der Waals surface area contributed by atoms with E-state index in [1.807, 2.05) is 11.3 Å². The summed E-state index contributed by atoms with van der Waals surface area (Å²) in [5, 5.41) is 4.57. The minimum atomic E-state index is 0.475. The van der Waals surface area contributed by atoms with E-state index in [9.17, 15) is 0 Å². The molecule has 0 amide bonds. The number of thiazole rings is 1. The summed E-state index contributed by atoms with van der Waals surface area (Å²) in [5.74, 6) is 0.475. The van der Waals surface area contributed by atoms with E-state index in [2.05, 4.69) is 49.6 Å². The Bertz CT molecular complexity index is 571. The lowest BCUT2D eigenvalue weighted by molar-refractivity contribution is 0.527. The van der Waals surface area contributed by atoms with E-state index in [1.165, 1.54) is 20.8 Å². The number of para-hydroxylation sites is 1. The first-order valence-electron chi connectivity index (χ1n) is 6.03. The van der Waals surface area contributed by atoms with Gasteiger partial charge in [-0.05, 0) is 38.1 Å². The van der Waals surface area contributed by atoms with Crippen molar-refractivity contribution in [2.24, 2.45) is 0 Å². The second kappa shape index (κ2) is 4.15. The lowest BCUT2D eigenvalue weighted by Crippen LogP contribution is -2.26. The Labute approximate surface area is 105 Å². The largest absolute Gasteiger partial charge is 0.389 e. The highest BCUT2D eigenvalue weighted by molar-refractivity contribution is 7.18. The Kier molecular flexibility index (Phi) is 2.63. The summed E-state index contributed by atoms with van der Waals surface area (Å²) < 4.78 is 1.31. The van der Waals surface area contributed by atoms with Crippen molar-refractivity contribution in [3.05, 3.63) is 41.0 Å². The van der Waals surface area contributed by atoms with Gasteiger partial charge < -0.3 is 5.32 Å². The van der Waals surface area contributed by atoms with Gasteiger partial charge in [0.1, 0.15) is 5.01 Å². The maximum Gasteiger partial charge on any atom is 0.101 e. The molecule has 2 heterocycles. The molecule has 0 saturated heterocycles. The molecule has 1 aromatic carbocycles. The fourth-order valence-electron chi connectivity index (χ4n) is 2.31. The van der Waals surface area contributed by atoms with Crippen molar-refractivity contribution in [3.63, 3.8) is 0 Å². The molecule has 2 atom stereocenters. The Morgan fingerprint density at radius 3 is 3.06 bits per heavy atom. The van der Waals surface area contributed by atoms with Gasteiger partial charge in [0, 0.05) is 12.0 Å². The van der Waals surface area contributed by atoms with Gasteiger partial charge >= 0.3 is 0 Å². The fraction of sp³-hybridized carbons (Fsp3) is 0.357. The number of aryl methyl sites for hydroxylation is 1. The quantitative estimate of drug-likeness (QED) is 0.829. The molecule has 2 nitrogen and oxygen atoms in total. The monoisotopic (exact) mass is 244 g/mol. The smallest absolute Gasteiger partial charge is 0.101 e. The first kappa shape index (κ1) is 10.8. The summed E-state index contributed by atoms with van der Waals surface area (Å²) in [5.41, 5.74) is 2.45. The normalized spacial score (nSPS) is 23.9. The second-order valence-corrected chi connectivity index (χ2v) is 5.81. The molecule has 3 rings (SSSR count). The maximum atomic E-state index is 4.81. The molecular weight excluding hydrogens is 228 g/mol. The molecule has 17 heavy (non-hydrogen) atoms. The van der Waals surface area contributed by atoms with Gasteiger partial charge in [-0.25, -0.2) is 4.98 Å². The molecule has 0 aliphatic carbocycles. The predicted molar refractivity (Wildman–Crippen MR) is 73.5 cm³/mol. The van der Waals surface area contributed by atoms with Gasteiger partial charge in [-0.3, -0.25) is 0 Å². The number of benzene rings is 1. The summed E-state index contributed by atoms with van der Waals surface area (Å²) in [7, 11) is 0. The highest BCUT2D eigenvalue weighted by Crippen LogP contribution is 2.33. The Balaban J connectivity index is 2.03. The van der Waals surface area contributed by atoms with Crippen molar-refractivity contribution in [2.75, 3.05) is 0 Å². The van der Waals surface area contributed by atoms with E-state index in [0.717, 1.165) is 6.42 Å². The standard InChI is InChI=1S/C14H16N2S/c1-9-4-3-5-12-13(9)16-14(17-12)11-6-7-15-10(2)8-11/h3-7,10-11,15H,8H2,1-2H3. The van der Waals surface area contributed by atoms with Crippen LogP contribution in [0.2, 0.25) is 0 Å². The van der Waals surface area contributed by atoms with Crippen LogP contribution in [0, 0.1) is 6.92 Å². The van der Waals surface area contributed by atoms with Crippen LogP contribution in [0.25, 0.3) is 10.2 Å². The number of nitrogens with zero attached hydrogens (tertiary/aromatic N) is 1. The fourth-order valence-corrected chi connectivity index (χ4v) is 3.45. The van der Waals surface area contributed by atoms with Crippen LogP contribution in [0.4, 0.5) is 0 Å². The molecule has 1 aromatic heterocycles. The van der Waals surface area contributed by atoms with Crippen LogP contribution in [0.15, 0.2) is 30.5 Å². The molecule has 2 unspecified atom stereocenters. The van der Waals surface area contributed by atoms with E-state index in [1.54, 1.807) is 0 Å². The molecule has 1 N–H and O–H groups in total. The average molecular weight is 244 g/mol. The van der Waals surface area contributed by atoms with E-state index < -0.39 is 0 Å². The topological polar surface area (TPSA) is 24.9 Å². The van der Waals surface area contributed by atoms with Crippen molar-refractivity contribution in [1.82, 2.24) is 10.3 Å². The lowest BCUT2D eigenvalue weighted by Gasteiger charge is -2.21. The van der Waals surface area contributed by atoms with Gasteiger partial charge in [-0.2, -0.15) is 0 Å². The number of fused-ring (bicyclic) bond motifs is 1. The summed E-state index contributed by atoms with van der Waals surface area (Å²) in [6, 6.07) is 6.95. The van der Waals surface area contributed by atoms with Crippen LogP contribution in [0.1, 0.15) is 29.8 Å². The number of rotatable bonds is 1. The third kappa shape index (κ3) is 1.95. The Hall–Kier alpha value is -1.35. The van der Waals surface area contributed by atoms with Crippen molar-refractivity contribution >= 4 is 21.6 Å². The minimum absolute atomic E-state index is 0.475. The lowest BCUT2D eigenvalue weighted by atomic mass is 9.99. The zero-order valence-corrected chi connectivity index (χ0v) is 10.9. The highest BCUT2D eigenvalue weighted by Gasteiger charge is 2.19. The van der Waals surface area contributed by atoms with Crippen LogP contribution in [-0.2, 0) is 0 Å². The SMILES string of the molecule is Cc1cccc2sc(C3C=CNC(C)C3)nc12. The molecular formula is C14H16N2S. The molecule has 1 aliphatic heterocycles. The highest BCUT2D eigenvalue weighted by atomic mass is 32.1. The van der Waals surface area contributed by atoms with Crippen LogP contribution in [-0.4, -0.2) is 11.0 Å². The molecule has 1 aliphatic rings. The van der Waals surface area contributed by atoms with Crippen LogP contribution in [0.5, 0.6) is 0 Å². The third-order valence-corrected chi connectivity index (χ3v) is 4.42. The molecule has 0 radical (unpaired) electrons. The van der Waals surface area contributed by atoms with Crippen LogP contribution < -0.4 is 5.32 Å². The van der Waals surface area contributed by atoms with Crippen LogP contribution in [0.3, 0.4) is 0 Å². The number of hydrogen-bond donors (Lipinski definition) is 1. The van der Waals surface area contributed by atoms with Gasteiger partial charge in [0.15, 0.2) is 0 Å². The molecule has 0 spiro atoms. The predicted octanol–water partition coefficient (Wildman–Crippen LogP) is 3.58. The van der Waals surface area contributed by atoms with Crippen LogP contribution >= 0.6 is 11.3 Å². The minimum Gasteiger partial charge on any atom is -0.389 e. The first-order valence-corrected chi connectivity index (χ1v) is 6.84. The van der Waals surface area contributed by atoms with Crippen molar-refractivity contribution in [2.45, 2.75) is 32.2 Å². The van der Waals surface area contributed by atoms with Gasteiger partial charge in [0.2, 0.25) is 0 Å². The van der Waals surface area contributed by atoms with E-state index in [-0.39, 0.29) is 0 Å². The van der Waals surface area contributed by atoms with E-state index in [4.69, 9.17) is 4.98 Å². The molecule has 2 aromatic rings. The zero-order chi connectivity index (χ0) is 11.8. The number of aromatic nitrogens is 1. The second-order valence-electron chi connectivity index (χ2n) is 4.74. The number of allylic oxidation sites excluding steroid dienone is 1. The number of hydrogen-bond acceptors (Lipinski definition) is 3. The van der Waals surface area contributed by atoms with Crippen molar-refractivity contribution < 1.29 is 0 Å². The molecule has 0 fully saturated rings. The average Bonchev–Trinajstić information content (AvgIpc) is 2.74. The van der Waals surface area contributed by atoms with Crippen molar-refractivity contribution in [1.29, 1.82) is 0 Å². The zero-order valence-electron chi connectivity index (χ0n) is 10.1. The Morgan fingerprint density at radius 1 is 1.41 bits per heavy atom. The van der Waals surface area contributed by atoms with Gasteiger partial charge in [0.25, 0.3) is 0 Å². The van der Waals surface area contributed by atoms with E-state index in [0.29, 0.717) is 12.0 Å². The summed E-state index contributed by atoms with van der Waals surface area (Å²) >= 11 is 1.83. The summed E-state index contributed by atoms with van der Waals surface area (Å²) in [6.45, 7) is 4.35. The molecule has 0 bridgehead atoms. The van der Waals surface area contributed by atoms with Gasteiger partial charge in [-0.15, -0.1) is 11.3 Å². The molecule has 3 heteroatoms. The van der Waals surface area contributed by atoms with Gasteiger partial charge in [0.05, 0.1) is 10.2 Å². The number of nitrogens with one attached hydrogen (secondary N) is 1. The maximum absolute atomic E-state index is 4.81. The van der Waals surface area contributed by atoms with Crippen molar-refractivity contribution in [3.8, 4) is 0 Å². The summed E-state index contributed by atoms with van der Waals surface area (Å²) in [4.78, 5) is 4.81. The van der Waals surface area contributed by atoms with E-state index >= 15 is 0 Å². The third-order valence-electron chi connectivity index (χ3n) is 3.27. The summed E-state index contributed by atoms with van der Waals surface area (Å²) in [6.07, 6.45) is 5.43. The first-order chi connectivity index (χ1) is 8.24.